The van der Waals surface area contributed by atoms with Crippen molar-refractivity contribution in [2.75, 3.05) is 48.7 Å². The summed E-state index contributed by atoms with van der Waals surface area (Å²) in [5.74, 6) is 2.64. The standard InChI is InChI=1S/C32H40N2O6/c1-21(20-36-2)33-32(35)31(23-10-8-7-9-11-23)34-15-14-24-18-29(39-5)30(40-6)19-25(24)26(34)16-22-12-13-27(37-3)28(17-22)38-4/h7-13,17-19,21,26,31H,14-16,20H2,1-6H3,(H,33,35)/t21?,26-,31+/m0/s1. The normalized spacial score (nSPS) is 16.4. The van der Waals surface area contributed by atoms with Crippen LogP contribution in [0.2, 0.25) is 0 Å². The molecule has 1 amide bonds. The number of ether oxygens (including phenoxy) is 5. The molecule has 8 nitrogen and oxygen atoms in total. The second-order valence-corrected chi connectivity index (χ2v) is 9.98. The predicted octanol–water partition coefficient (Wildman–Crippen LogP) is 4.76. The molecule has 1 N–H and O–H groups in total. The summed E-state index contributed by atoms with van der Waals surface area (Å²) >= 11 is 0. The Bertz CT molecular complexity index is 1280. The molecule has 214 valence electrons. The Morgan fingerprint density at radius 3 is 2.17 bits per heavy atom. The van der Waals surface area contributed by atoms with Crippen LogP contribution < -0.4 is 24.3 Å². The lowest BCUT2D eigenvalue weighted by atomic mass is 9.86. The minimum atomic E-state index is -0.508. The lowest BCUT2D eigenvalue weighted by Crippen LogP contribution is -2.48. The monoisotopic (exact) mass is 548 g/mol. The van der Waals surface area contributed by atoms with Crippen molar-refractivity contribution in [1.29, 1.82) is 0 Å². The van der Waals surface area contributed by atoms with Crippen molar-refractivity contribution in [3.8, 4) is 23.0 Å². The van der Waals surface area contributed by atoms with E-state index in [9.17, 15) is 4.79 Å². The van der Waals surface area contributed by atoms with Gasteiger partial charge in [-0.05, 0) is 66.3 Å². The summed E-state index contributed by atoms with van der Waals surface area (Å²) in [6.45, 7) is 3.07. The van der Waals surface area contributed by atoms with Gasteiger partial charge in [-0.15, -0.1) is 0 Å². The van der Waals surface area contributed by atoms with Crippen molar-refractivity contribution in [2.24, 2.45) is 0 Å². The van der Waals surface area contributed by atoms with Gasteiger partial charge in [0.2, 0.25) is 5.91 Å². The number of carbonyl (C=O) groups excluding carboxylic acids is 1. The molecular formula is C32H40N2O6. The van der Waals surface area contributed by atoms with Crippen LogP contribution in [0.5, 0.6) is 23.0 Å². The summed E-state index contributed by atoms with van der Waals surface area (Å²) in [7, 11) is 8.20. The van der Waals surface area contributed by atoms with Crippen LogP contribution >= 0.6 is 0 Å². The maximum Gasteiger partial charge on any atom is 0.242 e. The van der Waals surface area contributed by atoms with Gasteiger partial charge in [-0.2, -0.15) is 0 Å². The molecule has 0 aliphatic carbocycles. The second-order valence-electron chi connectivity index (χ2n) is 9.98. The van der Waals surface area contributed by atoms with Crippen LogP contribution in [0.3, 0.4) is 0 Å². The van der Waals surface area contributed by atoms with Crippen molar-refractivity contribution in [3.63, 3.8) is 0 Å². The Morgan fingerprint density at radius 2 is 1.52 bits per heavy atom. The molecule has 1 aliphatic heterocycles. The topological polar surface area (TPSA) is 78.5 Å². The van der Waals surface area contributed by atoms with Gasteiger partial charge in [0, 0.05) is 25.7 Å². The minimum absolute atomic E-state index is 0.0583. The predicted molar refractivity (Wildman–Crippen MR) is 155 cm³/mol. The summed E-state index contributed by atoms with van der Waals surface area (Å²) in [6.07, 6.45) is 1.41. The van der Waals surface area contributed by atoms with Crippen LogP contribution in [-0.2, 0) is 22.4 Å². The SMILES string of the molecule is COCC(C)NC(=O)[C@@H](c1ccccc1)N1CCc2cc(OC)c(OC)cc2[C@@H]1Cc1ccc(OC)c(OC)c1. The lowest BCUT2D eigenvalue weighted by molar-refractivity contribution is -0.129. The van der Waals surface area contributed by atoms with Gasteiger partial charge in [0.15, 0.2) is 23.0 Å². The molecule has 3 aromatic rings. The number of hydrogen-bond donors (Lipinski definition) is 1. The number of nitrogens with one attached hydrogen (secondary N) is 1. The Hall–Kier alpha value is -3.75. The van der Waals surface area contributed by atoms with E-state index in [1.807, 2.05) is 55.5 Å². The van der Waals surface area contributed by atoms with Gasteiger partial charge in [-0.25, -0.2) is 0 Å². The average Bonchev–Trinajstić information content (AvgIpc) is 2.98. The number of benzene rings is 3. The highest BCUT2D eigenvalue weighted by Crippen LogP contribution is 2.43. The highest BCUT2D eigenvalue weighted by Gasteiger charge is 2.38. The van der Waals surface area contributed by atoms with Gasteiger partial charge in [-0.3, -0.25) is 9.69 Å². The number of amides is 1. The zero-order valence-electron chi connectivity index (χ0n) is 24.2. The molecule has 1 unspecified atom stereocenters. The maximum atomic E-state index is 14.0. The van der Waals surface area contributed by atoms with Crippen molar-refractivity contribution in [3.05, 3.63) is 82.9 Å². The first kappa shape index (κ1) is 29.2. The molecule has 0 fully saturated rings. The van der Waals surface area contributed by atoms with Gasteiger partial charge in [0.05, 0.1) is 35.0 Å². The molecule has 8 heteroatoms. The van der Waals surface area contributed by atoms with E-state index in [4.69, 9.17) is 23.7 Å². The first-order valence-corrected chi connectivity index (χ1v) is 13.5. The fraction of sp³-hybridized carbons (Fsp3) is 0.406. The molecule has 3 aromatic carbocycles. The molecule has 1 aliphatic rings. The van der Waals surface area contributed by atoms with Gasteiger partial charge >= 0.3 is 0 Å². The number of nitrogens with zero attached hydrogens (tertiary/aromatic N) is 1. The van der Waals surface area contributed by atoms with Crippen molar-refractivity contribution >= 4 is 5.91 Å². The number of carbonyl (C=O) groups is 1. The summed E-state index contributed by atoms with van der Waals surface area (Å²) in [5, 5.41) is 3.17. The van der Waals surface area contributed by atoms with E-state index in [0.29, 0.717) is 42.6 Å². The molecule has 0 bridgehead atoms. The first-order chi connectivity index (χ1) is 19.4. The smallest absolute Gasteiger partial charge is 0.242 e. The minimum Gasteiger partial charge on any atom is -0.493 e. The van der Waals surface area contributed by atoms with Gasteiger partial charge in [-0.1, -0.05) is 36.4 Å². The first-order valence-electron chi connectivity index (χ1n) is 13.5. The van der Waals surface area contributed by atoms with Crippen molar-refractivity contribution < 1.29 is 28.5 Å². The van der Waals surface area contributed by atoms with Crippen LogP contribution in [0.25, 0.3) is 0 Å². The Balaban J connectivity index is 1.83. The Labute approximate surface area is 237 Å². The highest BCUT2D eigenvalue weighted by atomic mass is 16.5. The summed E-state index contributed by atoms with van der Waals surface area (Å²) in [4.78, 5) is 16.3. The summed E-state index contributed by atoms with van der Waals surface area (Å²) in [6, 6.07) is 19.3. The molecule has 4 rings (SSSR count). The third kappa shape index (κ3) is 6.35. The van der Waals surface area contributed by atoms with E-state index in [1.54, 1.807) is 35.5 Å². The third-order valence-corrected chi connectivity index (χ3v) is 7.42. The number of hydrogen-bond acceptors (Lipinski definition) is 7. The number of methoxy groups -OCH3 is 5. The van der Waals surface area contributed by atoms with Crippen LogP contribution in [0.4, 0.5) is 0 Å². The fourth-order valence-electron chi connectivity index (χ4n) is 5.56. The highest BCUT2D eigenvalue weighted by molar-refractivity contribution is 5.83. The van der Waals surface area contributed by atoms with Gasteiger partial charge < -0.3 is 29.0 Å². The van der Waals surface area contributed by atoms with Gasteiger partial charge in [0.25, 0.3) is 0 Å². The van der Waals surface area contributed by atoms with E-state index in [2.05, 4.69) is 22.3 Å². The summed E-state index contributed by atoms with van der Waals surface area (Å²) in [5.41, 5.74) is 4.29. The molecule has 3 atom stereocenters. The second kappa shape index (κ2) is 13.5. The van der Waals surface area contributed by atoms with Gasteiger partial charge in [0.1, 0.15) is 6.04 Å². The maximum absolute atomic E-state index is 14.0. The van der Waals surface area contributed by atoms with E-state index in [0.717, 1.165) is 23.1 Å². The largest absolute Gasteiger partial charge is 0.493 e. The number of fused-ring (bicyclic) bond motifs is 1. The Kier molecular flexibility index (Phi) is 9.90. The van der Waals surface area contributed by atoms with E-state index < -0.39 is 6.04 Å². The quantitative estimate of drug-likeness (QED) is 0.350. The molecular weight excluding hydrogens is 508 g/mol. The average molecular weight is 549 g/mol. The Morgan fingerprint density at radius 1 is 0.875 bits per heavy atom. The molecule has 0 saturated carbocycles. The van der Waals surface area contributed by atoms with E-state index in [1.165, 1.54) is 5.56 Å². The van der Waals surface area contributed by atoms with E-state index in [-0.39, 0.29) is 18.0 Å². The van der Waals surface area contributed by atoms with Crippen LogP contribution in [0.1, 0.15) is 41.3 Å². The summed E-state index contributed by atoms with van der Waals surface area (Å²) < 4.78 is 27.7. The third-order valence-electron chi connectivity index (χ3n) is 7.42. The van der Waals surface area contributed by atoms with Crippen LogP contribution in [0.15, 0.2) is 60.7 Å². The zero-order valence-corrected chi connectivity index (χ0v) is 24.2. The number of rotatable bonds is 12. The molecule has 1 heterocycles. The zero-order chi connectivity index (χ0) is 28.6. The fourth-order valence-corrected chi connectivity index (χ4v) is 5.56. The van der Waals surface area contributed by atoms with Crippen molar-refractivity contribution in [1.82, 2.24) is 10.2 Å². The van der Waals surface area contributed by atoms with Crippen LogP contribution in [0, 0.1) is 0 Å². The lowest BCUT2D eigenvalue weighted by Gasteiger charge is -2.42. The molecule has 0 aromatic heterocycles. The molecule has 0 radical (unpaired) electrons. The van der Waals surface area contributed by atoms with Crippen LogP contribution in [-0.4, -0.2) is 65.5 Å². The molecule has 40 heavy (non-hydrogen) atoms. The van der Waals surface area contributed by atoms with E-state index >= 15 is 0 Å². The van der Waals surface area contributed by atoms with Crippen molar-refractivity contribution in [2.45, 2.75) is 37.9 Å². The molecule has 0 spiro atoms. The molecule has 0 saturated heterocycles.